The first-order valence-electron chi connectivity index (χ1n) is 6.55. The second-order valence-electron chi connectivity index (χ2n) is 3.54. The van der Waals surface area contributed by atoms with Crippen LogP contribution >= 0.6 is 0 Å². The molecule has 0 nitrogen and oxygen atoms in total. The molecule has 0 aliphatic heterocycles. The standard InChI is InChI=1S/C14H14.C2H6.CH3B/c1-12(13-8-4-2-5-9-13)14-10-6-3-7-11-14;2*1-2/h2-12H,1H3;1-2H3;1H3. The zero-order chi connectivity index (χ0) is 13.8. The highest BCUT2D eigenvalue weighted by Crippen LogP contribution is 2.22. The fraction of sp³-hybridized carbons (Fsp3) is 0.294. The lowest BCUT2D eigenvalue weighted by Gasteiger charge is -2.11. The van der Waals surface area contributed by atoms with Crippen LogP contribution in [0.2, 0.25) is 6.82 Å². The Labute approximate surface area is 113 Å². The van der Waals surface area contributed by atoms with Gasteiger partial charge in [0.2, 0.25) is 0 Å². The first kappa shape index (κ1) is 16.5. The lowest BCUT2D eigenvalue weighted by molar-refractivity contribution is 0.922. The normalized spacial score (nSPS) is 8.72. The summed E-state index contributed by atoms with van der Waals surface area (Å²) in [6.45, 7) is 7.74. The highest BCUT2D eigenvalue weighted by Gasteiger charge is 2.05. The maximum Gasteiger partial charge on any atom is 0.0606 e. The Morgan fingerprint density at radius 3 is 1.22 bits per heavy atom. The minimum Gasteiger partial charge on any atom is -0.0999 e. The van der Waals surface area contributed by atoms with Crippen LogP contribution in [0.4, 0.5) is 0 Å². The van der Waals surface area contributed by atoms with Crippen LogP contribution in [-0.4, -0.2) is 7.85 Å². The van der Waals surface area contributed by atoms with Gasteiger partial charge in [0.15, 0.2) is 0 Å². The SMILES string of the molecule is CC.CC(c1ccccc1)c1ccccc1.[B]C. The number of rotatable bonds is 2. The predicted molar refractivity (Wildman–Crippen MR) is 83.4 cm³/mol. The third-order valence-electron chi connectivity index (χ3n) is 2.60. The highest BCUT2D eigenvalue weighted by atomic mass is 14.1. The molecular formula is C17H23B. The lowest BCUT2D eigenvalue weighted by Crippen LogP contribution is -1.94. The number of benzene rings is 2. The summed E-state index contributed by atoms with van der Waals surface area (Å²) in [5.74, 6) is 0.484. The molecule has 0 saturated carbocycles. The average molecular weight is 238 g/mol. The molecule has 2 radical (unpaired) electrons. The minimum atomic E-state index is 0.484. The fourth-order valence-corrected chi connectivity index (χ4v) is 1.68. The molecule has 0 bridgehead atoms. The molecule has 0 saturated heterocycles. The molecule has 2 aromatic rings. The van der Waals surface area contributed by atoms with Gasteiger partial charge in [0.25, 0.3) is 0 Å². The van der Waals surface area contributed by atoms with Crippen molar-refractivity contribution in [3.8, 4) is 0 Å². The van der Waals surface area contributed by atoms with Crippen LogP contribution in [0.25, 0.3) is 0 Å². The maximum absolute atomic E-state index is 4.50. The molecule has 94 valence electrons. The van der Waals surface area contributed by atoms with Crippen LogP contribution < -0.4 is 0 Å². The van der Waals surface area contributed by atoms with E-state index in [9.17, 15) is 0 Å². The minimum absolute atomic E-state index is 0.484. The summed E-state index contributed by atoms with van der Waals surface area (Å²) < 4.78 is 0. The van der Waals surface area contributed by atoms with Crippen molar-refractivity contribution in [1.82, 2.24) is 0 Å². The van der Waals surface area contributed by atoms with Gasteiger partial charge in [0.05, 0.1) is 7.85 Å². The van der Waals surface area contributed by atoms with Crippen LogP contribution in [0, 0.1) is 0 Å². The van der Waals surface area contributed by atoms with Gasteiger partial charge < -0.3 is 0 Å². The molecule has 18 heavy (non-hydrogen) atoms. The molecule has 2 aromatic carbocycles. The van der Waals surface area contributed by atoms with E-state index in [-0.39, 0.29) is 0 Å². The second-order valence-corrected chi connectivity index (χ2v) is 3.54. The Bertz CT molecular complexity index is 341. The van der Waals surface area contributed by atoms with Gasteiger partial charge in [-0.3, -0.25) is 0 Å². The van der Waals surface area contributed by atoms with Crippen molar-refractivity contribution in [2.75, 3.05) is 0 Å². The first-order chi connectivity index (χ1) is 8.88. The summed E-state index contributed by atoms with van der Waals surface area (Å²) >= 11 is 0. The van der Waals surface area contributed by atoms with Crippen molar-refractivity contribution < 1.29 is 0 Å². The van der Waals surface area contributed by atoms with Crippen molar-refractivity contribution in [2.45, 2.75) is 33.5 Å². The van der Waals surface area contributed by atoms with Gasteiger partial charge in [-0.2, -0.15) is 0 Å². The van der Waals surface area contributed by atoms with E-state index < -0.39 is 0 Å². The van der Waals surface area contributed by atoms with Gasteiger partial charge in [0.1, 0.15) is 0 Å². The smallest absolute Gasteiger partial charge is 0.0606 e. The van der Waals surface area contributed by atoms with Gasteiger partial charge in [-0.25, -0.2) is 0 Å². The molecule has 2 rings (SSSR count). The zero-order valence-corrected chi connectivity index (χ0v) is 11.9. The molecule has 0 spiro atoms. The van der Waals surface area contributed by atoms with Gasteiger partial charge >= 0.3 is 0 Å². The maximum atomic E-state index is 4.50. The molecule has 0 amide bonds. The Kier molecular flexibility index (Phi) is 9.76. The molecule has 0 aromatic heterocycles. The van der Waals surface area contributed by atoms with Crippen LogP contribution in [0.3, 0.4) is 0 Å². The third-order valence-corrected chi connectivity index (χ3v) is 2.60. The van der Waals surface area contributed by atoms with E-state index >= 15 is 0 Å². The molecule has 0 aliphatic carbocycles. The van der Waals surface area contributed by atoms with E-state index in [0.29, 0.717) is 5.92 Å². The predicted octanol–water partition coefficient (Wildman–Crippen LogP) is 5.07. The van der Waals surface area contributed by atoms with Gasteiger partial charge in [0, 0.05) is 5.92 Å². The molecule has 0 aliphatic rings. The Morgan fingerprint density at radius 2 is 0.944 bits per heavy atom. The molecule has 0 unspecified atom stereocenters. The van der Waals surface area contributed by atoms with Crippen molar-refractivity contribution in [1.29, 1.82) is 0 Å². The number of hydrogen-bond acceptors (Lipinski definition) is 0. The monoisotopic (exact) mass is 238 g/mol. The molecule has 1 heteroatoms. The highest BCUT2D eigenvalue weighted by molar-refractivity contribution is 6.05. The lowest BCUT2D eigenvalue weighted by atomic mass is 9.93. The van der Waals surface area contributed by atoms with E-state index in [0.717, 1.165) is 0 Å². The summed E-state index contributed by atoms with van der Waals surface area (Å²) in [5, 5.41) is 0. The quantitative estimate of drug-likeness (QED) is 0.641. The Balaban J connectivity index is 0.000000659. The molecule has 0 fully saturated rings. The van der Waals surface area contributed by atoms with Gasteiger partial charge in [-0.15, -0.1) is 0 Å². The van der Waals surface area contributed by atoms with E-state index in [2.05, 4.69) is 75.4 Å². The van der Waals surface area contributed by atoms with Crippen molar-refractivity contribution in [2.24, 2.45) is 0 Å². The van der Waals surface area contributed by atoms with E-state index in [1.807, 2.05) is 13.8 Å². The molecule has 0 atom stereocenters. The summed E-state index contributed by atoms with van der Waals surface area (Å²) in [6.07, 6.45) is 0. The Morgan fingerprint density at radius 1 is 0.667 bits per heavy atom. The van der Waals surface area contributed by atoms with Crippen molar-refractivity contribution in [3.63, 3.8) is 0 Å². The fourth-order valence-electron chi connectivity index (χ4n) is 1.68. The Hall–Kier alpha value is -1.50. The average Bonchev–Trinajstić information content (AvgIpc) is 2.52. The van der Waals surface area contributed by atoms with Crippen LogP contribution in [0.1, 0.15) is 37.8 Å². The zero-order valence-electron chi connectivity index (χ0n) is 11.9. The van der Waals surface area contributed by atoms with Gasteiger partial charge in [-0.1, -0.05) is 88.3 Å². The summed E-state index contributed by atoms with van der Waals surface area (Å²) in [7, 11) is 4.50. The second kappa shape index (κ2) is 10.6. The number of hydrogen-bond donors (Lipinski definition) is 0. The summed E-state index contributed by atoms with van der Waals surface area (Å²) in [5.41, 5.74) is 2.75. The van der Waals surface area contributed by atoms with Crippen molar-refractivity contribution >= 4 is 7.85 Å². The van der Waals surface area contributed by atoms with Crippen LogP contribution in [-0.2, 0) is 0 Å². The largest absolute Gasteiger partial charge is 0.0999 e. The molecular weight excluding hydrogens is 215 g/mol. The van der Waals surface area contributed by atoms with E-state index in [1.165, 1.54) is 17.9 Å². The van der Waals surface area contributed by atoms with E-state index in [4.69, 9.17) is 0 Å². The van der Waals surface area contributed by atoms with Crippen LogP contribution in [0.15, 0.2) is 60.7 Å². The summed E-state index contributed by atoms with van der Waals surface area (Å²) in [6, 6.07) is 21.2. The van der Waals surface area contributed by atoms with E-state index in [1.54, 1.807) is 0 Å². The van der Waals surface area contributed by atoms with Gasteiger partial charge in [-0.05, 0) is 11.1 Å². The van der Waals surface area contributed by atoms with Crippen LogP contribution in [0.5, 0.6) is 0 Å². The molecule has 0 N–H and O–H groups in total. The van der Waals surface area contributed by atoms with Crippen molar-refractivity contribution in [3.05, 3.63) is 71.8 Å². The molecule has 0 heterocycles. The third kappa shape index (κ3) is 5.22. The topological polar surface area (TPSA) is 0 Å². The first-order valence-corrected chi connectivity index (χ1v) is 6.55. The summed E-state index contributed by atoms with van der Waals surface area (Å²) in [4.78, 5) is 0.